The lowest BCUT2D eigenvalue weighted by molar-refractivity contribution is -0.123. The van der Waals surface area contributed by atoms with Gasteiger partial charge in [0.15, 0.2) is 0 Å². The maximum Gasteiger partial charge on any atom is 0.261 e. The van der Waals surface area contributed by atoms with Crippen LogP contribution in [-0.4, -0.2) is 28.5 Å². The highest BCUT2D eigenvalue weighted by molar-refractivity contribution is 6.08. The van der Waals surface area contributed by atoms with Gasteiger partial charge < -0.3 is 15.4 Å². The number of nitrogens with one attached hydrogen (secondary N) is 2. The van der Waals surface area contributed by atoms with Gasteiger partial charge in [0.1, 0.15) is 18.0 Å². The molecule has 1 aliphatic rings. The summed E-state index contributed by atoms with van der Waals surface area (Å²) in [6, 6.07) is 11.9. The summed E-state index contributed by atoms with van der Waals surface area (Å²) in [6.45, 7) is 0.666. The molecule has 2 heterocycles. The highest BCUT2D eigenvalue weighted by Gasteiger charge is 2.15. The number of benzene rings is 2. The molecule has 2 aromatic carbocycles. The molecule has 0 saturated heterocycles. The van der Waals surface area contributed by atoms with E-state index >= 15 is 0 Å². The van der Waals surface area contributed by atoms with Crippen LogP contribution in [0.5, 0.6) is 5.75 Å². The molecule has 0 radical (unpaired) electrons. The van der Waals surface area contributed by atoms with Crippen LogP contribution in [0.3, 0.4) is 0 Å². The Balaban J connectivity index is 1.45. The summed E-state index contributed by atoms with van der Waals surface area (Å²) in [5.41, 5.74) is 1.57. The second kappa shape index (κ2) is 8.99. The first-order valence-electron chi connectivity index (χ1n) is 10.3. The van der Waals surface area contributed by atoms with Gasteiger partial charge in [-0.15, -0.1) is 0 Å². The Bertz CT molecular complexity index is 1180. The smallest absolute Gasteiger partial charge is 0.261 e. The predicted molar refractivity (Wildman–Crippen MR) is 118 cm³/mol. The topological polar surface area (TPSA) is 102 Å². The largest absolute Gasteiger partial charge is 0.497 e. The molecule has 0 aliphatic carbocycles. The van der Waals surface area contributed by atoms with E-state index in [9.17, 15) is 14.4 Å². The van der Waals surface area contributed by atoms with E-state index < -0.39 is 11.8 Å². The van der Waals surface area contributed by atoms with Gasteiger partial charge in [0.05, 0.1) is 18.0 Å². The lowest BCUT2D eigenvalue weighted by Crippen LogP contribution is -2.25. The molecule has 2 N–H and O–H groups in total. The van der Waals surface area contributed by atoms with E-state index in [-0.39, 0.29) is 12.0 Å². The van der Waals surface area contributed by atoms with E-state index in [1.54, 1.807) is 54.1 Å². The highest BCUT2D eigenvalue weighted by atomic mass is 16.5. The van der Waals surface area contributed by atoms with Crippen LogP contribution in [0.25, 0.3) is 10.9 Å². The van der Waals surface area contributed by atoms with Crippen molar-refractivity contribution in [1.29, 1.82) is 0 Å². The van der Waals surface area contributed by atoms with Crippen molar-refractivity contribution in [2.75, 3.05) is 17.7 Å². The van der Waals surface area contributed by atoms with Gasteiger partial charge in [-0.25, -0.2) is 4.98 Å². The number of amides is 2. The molecule has 0 bridgehead atoms. The van der Waals surface area contributed by atoms with Crippen LogP contribution in [0, 0.1) is 0 Å². The summed E-state index contributed by atoms with van der Waals surface area (Å²) in [4.78, 5) is 42.1. The molecule has 8 nitrogen and oxygen atoms in total. The van der Waals surface area contributed by atoms with Crippen LogP contribution < -0.4 is 20.9 Å². The van der Waals surface area contributed by atoms with Gasteiger partial charge in [-0.1, -0.05) is 6.42 Å². The van der Waals surface area contributed by atoms with Gasteiger partial charge in [-0.3, -0.25) is 19.0 Å². The third-order valence-corrected chi connectivity index (χ3v) is 5.29. The lowest BCUT2D eigenvalue weighted by atomic mass is 10.2. The molecule has 0 spiro atoms. The van der Waals surface area contributed by atoms with E-state index in [1.165, 1.54) is 0 Å². The van der Waals surface area contributed by atoms with Gasteiger partial charge >= 0.3 is 0 Å². The number of nitrogens with zero attached hydrogens (tertiary/aromatic N) is 2. The van der Waals surface area contributed by atoms with Crippen LogP contribution in [0.4, 0.5) is 11.4 Å². The number of methoxy groups -OCH3 is 1. The van der Waals surface area contributed by atoms with Gasteiger partial charge in [0.25, 0.3) is 5.56 Å². The Hall–Kier alpha value is -3.68. The van der Waals surface area contributed by atoms with Crippen LogP contribution in [-0.2, 0) is 22.6 Å². The monoisotopic (exact) mass is 420 g/mol. The van der Waals surface area contributed by atoms with Gasteiger partial charge in [0.2, 0.25) is 11.8 Å². The van der Waals surface area contributed by atoms with E-state index in [0.29, 0.717) is 34.6 Å². The Labute approximate surface area is 179 Å². The molecule has 0 saturated carbocycles. The highest BCUT2D eigenvalue weighted by Crippen LogP contribution is 2.19. The number of aromatic nitrogens is 2. The third-order valence-electron chi connectivity index (χ3n) is 5.29. The number of fused-ring (bicyclic) bond motifs is 2. The first-order chi connectivity index (χ1) is 15.0. The first-order valence-corrected chi connectivity index (χ1v) is 10.3. The van der Waals surface area contributed by atoms with Crippen molar-refractivity contribution in [1.82, 2.24) is 9.55 Å². The number of hydrogen-bond donors (Lipinski definition) is 2. The molecule has 1 aliphatic heterocycles. The molecule has 3 aromatic rings. The summed E-state index contributed by atoms with van der Waals surface area (Å²) in [7, 11) is 1.56. The fraction of sp³-hybridized carbons (Fsp3) is 0.304. The Morgan fingerprint density at radius 3 is 2.45 bits per heavy atom. The van der Waals surface area contributed by atoms with E-state index in [1.807, 2.05) is 0 Å². The third kappa shape index (κ3) is 4.74. The molecule has 4 rings (SSSR count). The van der Waals surface area contributed by atoms with Gasteiger partial charge in [-0.05, 0) is 55.3 Å². The number of aryl methyl sites for hydroxylation is 1. The van der Waals surface area contributed by atoms with E-state index in [0.717, 1.165) is 31.5 Å². The minimum atomic E-state index is -0.465. The lowest BCUT2D eigenvalue weighted by Gasteiger charge is -2.11. The fourth-order valence-electron chi connectivity index (χ4n) is 3.73. The van der Waals surface area contributed by atoms with Crippen molar-refractivity contribution in [2.24, 2.45) is 0 Å². The standard InChI is InChI=1S/C23H24N4O4/c1-31-17-9-6-15(7-10-17)24-21(28)14-22(29)25-16-8-11-19-18(13-16)23(30)27-12-4-2-3-5-20(27)26-19/h6-11,13H,2-5,12,14H2,1H3,(H,24,28)(H,25,29). The normalized spacial score (nSPS) is 13.2. The zero-order chi connectivity index (χ0) is 21.8. The molecule has 0 unspecified atom stereocenters. The molecular weight excluding hydrogens is 396 g/mol. The fourth-order valence-corrected chi connectivity index (χ4v) is 3.73. The Morgan fingerprint density at radius 1 is 1.00 bits per heavy atom. The van der Waals surface area contributed by atoms with E-state index in [4.69, 9.17) is 4.74 Å². The summed E-state index contributed by atoms with van der Waals surface area (Å²) in [6.07, 6.45) is 3.53. The summed E-state index contributed by atoms with van der Waals surface area (Å²) in [5.74, 6) is 0.597. The maximum atomic E-state index is 12.9. The minimum absolute atomic E-state index is 0.0877. The van der Waals surface area contributed by atoms with Crippen molar-refractivity contribution in [3.8, 4) is 5.75 Å². The second-order valence-corrected chi connectivity index (χ2v) is 7.53. The van der Waals surface area contributed by atoms with Crippen LogP contribution in [0.15, 0.2) is 47.3 Å². The quantitative estimate of drug-likeness (QED) is 0.618. The number of carbonyl (C=O) groups is 2. The SMILES string of the molecule is COc1ccc(NC(=O)CC(=O)Nc2ccc3nc4n(c(=O)c3c2)CCCCC4)cc1. The molecule has 160 valence electrons. The number of carbonyl (C=O) groups excluding carboxylic acids is 2. The molecular formula is C23H24N4O4. The summed E-state index contributed by atoms with van der Waals surface area (Å²) < 4.78 is 6.82. The number of hydrogen-bond acceptors (Lipinski definition) is 5. The second-order valence-electron chi connectivity index (χ2n) is 7.53. The van der Waals surface area contributed by atoms with Crippen molar-refractivity contribution in [3.05, 3.63) is 58.6 Å². The van der Waals surface area contributed by atoms with Crippen molar-refractivity contribution in [2.45, 2.75) is 38.6 Å². The van der Waals surface area contributed by atoms with Gasteiger partial charge in [0, 0.05) is 24.3 Å². The summed E-state index contributed by atoms with van der Waals surface area (Å²) in [5, 5.41) is 5.83. The average Bonchev–Trinajstić information content (AvgIpc) is 3.00. The molecule has 31 heavy (non-hydrogen) atoms. The van der Waals surface area contributed by atoms with Crippen LogP contribution in [0.2, 0.25) is 0 Å². The average molecular weight is 420 g/mol. The molecule has 0 atom stereocenters. The Kier molecular flexibility index (Phi) is 5.97. The Morgan fingerprint density at radius 2 is 1.71 bits per heavy atom. The number of anilines is 2. The van der Waals surface area contributed by atoms with Crippen molar-refractivity contribution < 1.29 is 14.3 Å². The molecule has 8 heteroatoms. The van der Waals surface area contributed by atoms with E-state index in [2.05, 4.69) is 15.6 Å². The molecule has 2 amide bonds. The minimum Gasteiger partial charge on any atom is -0.497 e. The first kappa shape index (κ1) is 20.6. The molecule has 0 fully saturated rings. The van der Waals surface area contributed by atoms with Crippen LogP contribution >= 0.6 is 0 Å². The zero-order valence-electron chi connectivity index (χ0n) is 17.3. The summed E-state index contributed by atoms with van der Waals surface area (Å²) >= 11 is 0. The predicted octanol–water partition coefficient (Wildman–Crippen LogP) is 3.10. The van der Waals surface area contributed by atoms with Crippen molar-refractivity contribution >= 4 is 34.1 Å². The maximum absolute atomic E-state index is 12.9. The van der Waals surface area contributed by atoms with Crippen LogP contribution in [0.1, 0.15) is 31.5 Å². The molecule has 1 aromatic heterocycles. The number of ether oxygens (including phenoxy) is 1. The van der Waals surface area contributed by atoms with Gasteiger partial charge in [-0.2, -0.15) is 0 Å². The number of rotatable bonds is 5. The zero-order valence-corrected chi connectivity index (χ0v) is 17.3. The van der Waals surface area contributed by atoms with Crippen molar-refractivity contribution in [3.63, 3.8) is 0 Å².